The molecule has 40 heavy (non-hydrogen) atoms. The summed E-state index contributed by atoms with van der Waals surface area (Å²) < 4.78 is 26.8. The molecule has 0 radical (unpaired) electrons. The molecule has 0 aliphatic carbocycles. The van der Waals surface area contributed by atoms with E-state index in [2.05, 4.69) is 46.4 Å². The molecular formula is C32H27N5O2S. The van der Waals surface area contributed by atoms with Gasteiger partial charge in [-0.1, -0.05) is 97.9 Å². The van der Waals surface area contributed by atoms with Crippen LogP contribution in [0, 0.1) is 0 Å². The van der Waals surface area contributed by atoms with Crippen molar-refractivity contribution in [3.63, 3.8) is 0 Å². The van der Waals surface area contributed by atoms with Crippen molar-refractivity contribution in [1.29, 1.82) is 0 Å². The van der Waals surface area contributed by atoms with Crippen LogP contribution >= 0.6 is 0 Å². The van der Waals surface area contributed by atoms with Crippen molar-refractivity contribution in [1.82, 2.24) is 24.7 Å². The van der Waals surface area contributed by atoms with E-state index in [1.807, 2.05) is 78.3 Å². The first-order chi connectivity index (χ1) is 19.4. The molecule has 7 nitrogen and oxygen atoms in total. The third-order valence-corrected chi connectivity index (χ3v) is 7.97. The van der Waals surface area contributed by atoms with Gasteiger partial charge >= 0.3 is 0 Å². The van der Waals surface area contributed by atoms with Gasteiger partial charge in [0, 0.05) is 24.0 Å². The Labute approximate surface area is 233 Å². The molecular weight excluding hydrogens is 518 g/mol. The van der Waals surface area contributed by atoms with E-state index in [0.717, 1.165) is 33.9 Å². The normalized spacial score (nSPS) is 12.1. The second-order valence-electron chi connectivity index (χ2n) is 9.60. The smallest absolute Gasteiger partial charge is 0.237 e. The second kappa shape index (κ2) is 10.1. The number of aryl methyl sites for hydroxylation is 1. The molecule has 0 saturated carbocycles. The number of fused-ring (bicyclic) bond motifs is 1. The lowest BCUT2D eigenvalue weighted by molar-refractivity contribution is 0.473. The van der Waals surface area contributed by atoms with E-state index in [1.54, 1.807) is 12.4 Å². The van der Waals surface area contributed by atoms with E-state index in [1.165, 1.54) is 0 Å². The maximum absolute atomic E-state index is 12.4. The van der Waals surface area contributed by atoms with Gasteiger partial charge in [0.15, 0.2) is 5.65 Å². The van der Waals surface area contributed by atoms with Gasteiger partial charge < -0.3 is 0 Å². The summed E-state index contributed by atoms with van der Waals surface area (Å²) in [6, 6.07) is 34.5. The maximum atomic E-state index is 12.4. The summed E-state index contributed by atoms with van der Waals surface area (Å²) in [6.07, 6.45) is 5.05. The van der Waals surface area contributed by atoms with Crippen LogP contribution in [0.25, 0.3) is 22.4 Å². The zero-order valence-corrected chi connectivity index (χ0v) is 23.0. The highest BCUT2D eigenvalue weighted by Crippen LogP contribution is 2.43. The fourth-order valence-corrected chi connectivity index (χ4v) is 5.80. The van der Waals surface area contributed by atoms with Crippen LogP contribution in [0.4, 0.5) is 0 Å². The lowest BCUT2D eigenvalue weighted by Gasteiger charge is -2.36. The van der Waals surface area contributed by atoms with Crippen molar-refractivity contribution in [2.24, 2.45) is 0 Å². The zero-order chi connectivity index (χ0) is 27.7. The molecule has 0 bridgehead atoms. The van der Waals surface area contributed by atoms with Crippen molar-refractivity contribution in [3.8, 4) is 11.4 Å². The summed E-state index contributed by atoms with van der Waals surface area (Å²) in [4.78, 5) is 13.5. The van der Waals surface area contributed by atoms with Gasteiger partial charge in [0.1, 0.15) is 11.2 Å². The highest BCUT2D eigenvalue weighted by molar-refractivity contribution is 7.90. The molecule has 3 aromatic heterocycles. The largest absolute Gasteiger partial charge is 0.247 e. The number of hydrogen-bond donors (Lipinski definition) is 0. The molecule has 0 N–H and O–H groups in total. The first kappa shape index (κ1) is 25.6. The van der Waals surface area contributed by atoms with Crippen LogP contribution in [-0.2, 0) is 21.8 Å². The molecule has 0 aliphatic heterocycles. The monoisotopic (exact) mass is 545 g/mol. The van der Waals surface area contributed by atoms with Gasteiger partial charge in [-0.2, -0.15) is 5.10 Å². The van der Waals surface area contributed by atoms with E-state index in [4.69, 9.17) is 10.1 Å². The molecule has 0 atom stereocenters. The van der Waals surface area contributed by atoms with Crippen LogP contribution < -0.4 is 0 Å². The van der Waals surface area contributed by atoms with Crippen molar-refractivity contribution >= 4 is 20.9 Å². The molecule has 3 aromatic carbocycles. The predicted octanol–water partition coefficient (Wildman–Crippen LogP) is 5.69. The first-order valence-electron chi connectivity index (χ1n) is 13.0. The summed E-state index contributed by atoms with van der Waals surface area (Å²) in [5.41, 5.74) is 4.60. The van der Waals surface area contributed by atoms with Crippen LogP contribution in [0.3, 0.4) is 0 Å². The van der Waals surface area contributed by atoms with Crippen molar-refractivity contribution in [2.45, 2.75) is 24.0 Å². The van der Waals surface area contributed by atoms with E-state index in [9.17, 15) is 8.42 Å². The number of pyridine rings is 1. The minimum Gasteiger partial charge on any atom is -0.237 e. The molecule has 0 aliphatic rings. The van der Waals surface area contributed by atoms with Gasteiger partial charge in [-0.15, -0.1) is 0 Å². The Morgan fingerprint density at radius 3 is 1.77 bits per heavy atom. The van der Waals surface area contributed by atoms with Crippen molar-refractivity contribution < 1.29 is 8.42 Å². The average Bonchev–Trinajstić information content (AvgIpc) is 3.38. The number of nitrogens with zero attached hydrogens (tertiary/aromatic N) is 5. The summed E-state index contributed by atoms with van der Waals surface area (Å²) >= 11 is 0. The molecule has 0 unspecified atom stereocenters. The maximum Gasteiger partial charge on any atom is 0.247 e. The molecule has 0 fully saturated rings. The van der Waals surface area contributed by atoms with Crippen LogP contribution in [0.1, 0.15) is 29.2 Å². The lowest BCUT2D eigenvalue weighted by atomic mass is 9.77. The van der Waals surface area contributed by atoms with Crippen LogP contribution in [0.2, 0.25) is 0 Å². The minimum absolute atomic E-state index is 0.230. The Bertz CT molecular complexity index is 1810. The van der Waals surface area contributed by atoms with Gasteiger partial charge in [-0.25, -0.2) is 28.1 Å². The molecule has 0 amide bonds. The zero-order valence-electron chi connectivity index (χ0n) is 22.1. The fourth-order valence-electron chi connectivity index (χ4n) is 5.30. The summed E-state index contributed by atoms with van der Waals surface area (Å²) in [5, 5.41) is 5.80. The van der Waals surface area contributed by atoms with Crippen molar-refractivity contribution in [2.75, 3.05) is 6.26 Å². The Morgan fingerprint density at radius 2 is 1.27 bits per heavy atom. The molecule has 0 spiro atoms. The number of aromatic nitrogens is 5. The average molecular weight is 546 g/mol. The Hall–Kier alpha value is -4.69. The Balaban J connectivity index is 1.78. The topological polar surface area (TPSA) is 90.6 Å². The predicted molar refractivity (Wildman–Crippen MR) is 156 cm³/mol. The molecule has 3 heterocycles. The second-order valence-corrected chi connectivity index (χ2v) is 11.5. The molecule has 8 heteroatoms. The third-order valence-electron chi connectivity index (χ3n) is 7.11. The van der Waals surface area contributed by atoms with Crippen LogP contribution in [-0.4, -0.2) is 39.4 Å². The van der Waals surface area contributed by atoms with E-state index >= 15 is 0 Å². The van der Waals surface area contributed by atoms with Crippen LogP contribution in [0.5, 0.6) is 0 Å². The molecule has 6 aromatic rings. The van der Waals surface area contributed by atoms with Gasteiger partial charge in [-0.3, -0.25) is 0 Å². The van der Waals surface area contributed by atoms with E-state index in [-0.39, 0.29) is 5.16 Å². The molecule has 6 rings (SSSR count). The first-order valence-corrected chi connectivity index (χ1v) is 14.9. The van der Waals surface area contributed by atoms with Crippen molar-refractivity contribution in [3.05, 3.63) is 138 Å². The van der Waals surface area contributed by atoms with Gasteiger partial charge in [0.25, 0.3) is 0 Å². The highest BCUT2D eigenvalue weighted by atomic mass is 32.2. The highest BCUT2D eigenvalue weighted by Gasteiger charge is 2.41. The molecule has 0 saturated heterocycles. The number of sulfone groups is 1. The van der Waals surface area contributed by atoms with E-state index < -0.39 is 15.4 Å². The summed E-state index contributed by atoms with van der Waals surface area (Å²) in [5.74, 6) is 0. The summed E-state index contributed by atoms with van der Waals surface area (Å²) in [7, 11) is -3.63. The van der Waals surface area contributed by atoms with Crippen LogP contribution in [0.15, 0.2) is 121 Å². The number of benzene rings is 3. The third kappa shape index (κ3) is 4.17. The number of hydrogen-bond acceptors (Lipinski definition) is 6. The fraction of sp³-hybridized carbons (Fsp3) is 0.125. The SMILES string of the molecule is CCc1cnc(S(C)(=O)=O)nc1-c1nn(C(c2ccccc2)(c2ccccc2)c2ccccc2)c2ncccc12. The number of rotatable bonds is 7. The van der Waals surface area contributed by atoms with Gasteiger partial charge in [0.05, 0.1) is 5.69 Å². The Morgan fingerprint density at radius 1 is 0.725 bits per heavy atom. The Kier molecular flexibility index (Phi) is 6.48. The van der Waals surface area contributed by atoms with E-state index in [0.29, 0.717) is 23.5 Å². The van der Waals surface area contributed by atoms with Gasteiger partial charge in [-0.05, 0) is 40.8 Å². The summed E-state index contributed by atoms with van der Waals surface area (Å²) in [6.45, 7) is 1.99. The lowest BCUT2D eigenvalue weighted by Crippen LogP contribution is -2.38. The minimum atomic E-state index is -3.63. The quantitative estimate of drug-likeness (QED) is 0.189. The van der Waals surface area contributed by atoms with Gasteiger partial charge in [0.2, 0.25) is 15.0 Å². The standard InChI is InChI=1S/C32H27N5O2S/c1-3-23-22-34-31(40(2,38)39)35-28(23)29-27-20-13-21-33-30(27)37(36-29)32(24-14-7-4-8-15-24,25-16-9-5-10-17-25)26-18-11-6-12-19-26/h4-22H,3H2,1-2H3. The molecule has 198 valence electrons.